The average molecular weight is 516 g/mol. The monoisotopic (exact) mass is 515 g/mol. The first-order valence-electron chi connectivity index (χ1n) is 12.6. The van der Waals surface area contributed by atoms with Crippen molar-refractivity contribution in [2.45, 2.75) is 26.8 Å². The van der Waals surface area contributed by atoms with Crippen LogP contribution >= 0.6 is 0 Å². The summed E-state index contributed by atoms with van der Waals surface area (Å²) < 4.78 is 50.7. The molecule has 2 aliphatic heterocycles. The fourth-order valence-corrected chi connectivity index (χ4v) is 6.85. The van der Waals surface area contributed by atoms with E-state index in [2.05, 4.69) is 42.9 Å². The number of aromatic nitrogens is 2. The molecule has 10 heteroatoms. The van der Waals surface area contributed by atoms with Crippen molar-refractivity contribution in [3.8, 4) is 5.69 Å². The van der Waals surface area contributed by atoms with Gasteiger partial charge in [0.05, 0.1) is 30.6 Å². The zero-order chi connectivity index (χ0) is 25.4. The molecule has 0 N–H and O–H groups in total. The fourth-order valence-electron chi connectivity index (χ4n) is 5.27. The SMILES string of the molecule is Cc1cc2c(cnn2-c2ccc(F)cc2)cc1[C@@H]1CN(S(=O)(=O)N2CCOCC2)CCN1CC(C)C. The van der Waals surface area contributed by atoms with Gasteiger partial charge < -0.3 is 4.74 Å². The Hall–Kier alpha value is -2.37. The molecule has 1 atom stereocenters. The lowest BCUT2D eigenvalue weighted by Crippen LogP contribution is -2.56. The van der Waals surface area contributed by atoms with Crippen molar-refractivity contribution in [3.63, 3.8) is 0 Å². The summed E-state index contributed by atoms with van der Waals surface area (Å²) in [6, 6.07) is 10.5. The van der Waals surface area contributed by atoms with E-state index in [1.54, 1.807) is 20.7 Å². The van der Waals surface area contributed by atoms with Gasteiger partial charge in [-0.25, -0.2) is 9.07 Å². The topological polar surface area (TPSA) is 70.9 Å². The van der Waals surface area contributed by atoms with Gasteiger partial charge in [0.1, 0.15) is 5.82 Å². The third-order valence-electron chi connectivity index (χ3n) is 7.06. The van der Waals surface area contributed by atoms with Crippen molar-refractivity contribution in [1.29, 1.82) is 0 Å². The molecule has 36 heavy (non-hydrogen) atoms. The Morgan fingerprint density at radius 3 is 2.47 bits per heavy atom. The van der Waals surface area contributed by atoms with Gasteiger partial charge in [-0.1, -0.05) is 13.8 Å². The Balaban J connectivity index is 1.49. The van der Waals surface area contributed by atoms with Crippen LogP contribution in [0.1, 0.15) is 31.0 Å². The van der Waals surface area contributed by atoms with Crippen molar-refractivity contribution in [2.24, 2.45) is 5.92 Å². The molecule has 194 valence electrons. The zero-order valence-electron chi connectivity index (χ0n) is 21.1. The van der Waals surface area contributed by atoms with Crippen LogP contribution in [0.2, 0.25) is 0 Å². The van der Waals surface area contributed by atoms with Crippen LogP contribution in [0.4, 0.5) is 4.39 Å². The van der Waals surface area contributed by atoms with Crippen molar-refractivity contribution >= 4 is 21.1 Å². The van der Waals surface area contributed by atoms with Crippen LogP contribution in [0.3, 0.4) is 0 Å². The second kappa shape index (κ2) is 10.2. The van der Waals surface area contributed by atoms with Gasteiger partial charge in [-0.3, -0.25) is 4.90 Å². The molecule has 8 nitrogen and oxygen atoms in total. The molecule has 1 aromatic heterocycles. The third kappa shape index (κ3) is 4.92. The molecule has 0 unspecified atom stereocenters. The highest BCUT2D eigenvalue weighted by Crippen LogP contribution is 2.33. The van der Waals surface area contributed by atoms with Crippen LogP contribution in [0.5, 0.6) is 0 Å². The van der Waals surface area contributed by atoms with Gasteiger partial charge >= 0.3 is 0 Å². The predicted octanol–water partition coefficient (Wildman–Crippen LogP) is 3.36. The second-order valence-electron chi connectivity index (χ2n) is 10.1. The Labute approximate surface area is 212 Å². The number of ether oxygens (including phenoxy) is 1. The smallest absolute Gasteiger partial charge is 0.282 e. The number of rotatable bonds is 6. The first kappa shape index (κ1) is 25.3. The molecule has 0 radical (unpaired) electrons. The van der Waals surface area contributed by atoms with E-state index in [9.17, 15) is 12.8 Å². The van der Waals surface area contributed by atoms with E-state index in [0.29, 0.717) is 51.9 Å². The van der Waals surface area contributed by atoms with Crippen LogP contribution in [-0.2, 0) is 14.9 Å². The minimum atomic E-state index is -3.56. The summed E-state index contributed by atoms with van der Waals surface area (Å²) in [6.45, 7) is 10.6. The number of nitrogens with zero attached hydrogens (tertiary/aromatic N) is 5. The highest BCUT2D eigenvalue weighted by atomic mass is 32.2. The Kier molecular flexibility index (Phi) is 7.15. The molecule has 2 saturated heterocycles. The summed E-state index contributed by atoms with van der Waals surface area (Å²) in [7, 11) is -3.56. The Bertz CT molecular complexity index is 1320. The maximum absolute atomic E-state index is 13.5. The van der Waals surface area contributed by atoms with E-state index in [1.807, 2.05) is 10.9 Å². The molecular weight excluding hydrogens is 481 g/mol. The second-order valence-corrected chi connectivity index (χ2v) is 12.0. The minimum Gasteiger partial charge on any atom is -0.379 e. The predicted molar refractivity (Wildman–Crippen MR) is 138 cm³/mol. The van der Waals surface area contributed by atoms with Crippen molar-refractivity contribution in [2.75, 3.05) is 52.5 Å². The Morgan fingerprint density at radius 2 is 1.78 bits per heavy atom. The highest BCUT2D eigenvalue weighted by Gasteiger charge is 2.38. The molecule has 0 aliphatic carbocycles. The van der Waals surface area contributed by atoms with E-state index in [1.165, 1.54) is 12.1 Å². The molecular formula is C26H34FN5O3S. The zero-order valence-corrected chi connectivity index (χ0v) is 21.9. The standard InChI is InChI=1S/C26H34FN5O3S/c1-19(2)17-29-8-9-31(36(33,34)30-10-12-35-13-11-30)18-26(29)24-15-21-16-28-32(25(21)14-20(24)3)23-6-4-22(27)5-7-23/h4-7,14-16,19,26H,8-13,17-18H2,1-3H3/t26-/m0/s1. The molecule has 3 aromatic rings. The van der Waals surface area contributed by atoms with Crippen LogP contribution in [0.15, 0.2) is 42.6 Å². The first-order valence-corrected chi connectivity index (χ1v) is 13.9. The molecule has 3 heterocycles. The van der Waals surface area contributed by atoms with Crippen LogP contribution in [0.25, 0.3) is 16.6 Å². The molecule has 0 bridgehead atoms. The van der Waals surface area contributed by atoms with Crippen molar-refractivity contribution < 1.29 is 17.5 Å². The van der Waals surface area contributed by atoms with Crippen LogP contribution in [-0.4, -0.2) is 84.2 Å². The highest BCUT2D eigenvalue weighted by molar-refractivity contribution is 7.86. The maximum Gasteiger partial charge on any atom is 0.282 e. The van der Waals surface area contributed by atoms with Gasteiger partial charge in [0.15, 0.2) is 0 Å². The maximum atomic E-state index is 13.5. The minimum absolute atomic E-state index is 0.0597. The number of morpholine rings is 1. The molecule has 0 saturated carbocycles. The number of hydrogen-bond acceptors (Lipinski definition) is 5. The third-order valence-corrected chi connectivity index (χ3v) is 9.06. The van der Waals surface area contributed by atoms with Crippen LogP contribution < -0.4 is 0 Å². The van der Waals surface area contributed by atoms with Gasteiger partial charge in [0, 0.05) is 50.7 Å². The average Bonchev–Trinajstić information content (AvgIpc) is 3.27. The number of aryl methyl sites for hydroxylation is 1. The number of piperazine rings is 1. The normalized spacial score (nSPS) is 21.0. The van der Waals surface area contributed by atoms with Crippen molar-refractivity contribution in [3.05, 3.63) is 59.5 Å². The summed E-state index contributed by atoms with van der Waals surface area (Å²) in [5.41, 5.74) is 3.92. The van der Waals surface area contributed by atoms with E-state index in [0.717, 1.165) is 34.3 Å². The van der Waals surface area contributed by atoms with E-state index in [4.69, 9.17) is 4.74 Å². The van der Waals surface area contributed by atoms with Crippen molar-refractivity contribution in [1.82, 2.24) is 23.3 Å². The van der Waals surface area contributed by atoms with Gasteiger partial charge in [0.2, 0.25) is 0 Å². The van der Waals surface area contributed by atoms with E-state index in [-0.39, 0.29) is 11.9 Å². The lowest BCUT2D eigenvalue weighted by atomic mass is 9.96. The van der Waals surface area contributed by atoms with E-state index >= 15 is 0 Å². The number of halogens is 1. The summed E-state index contributed by atoms with van der Waals surface area (Å²) in [5.74, 6) is 0.174. The largest absolute Gasteiger partial charge is 0.379 e. The quantitative estimate of drug-likeness (QED) is 0.504. The summed E-state index contributed by atoms with van der Waals surface area (Å²) >= 11 is 0. The van der Waals surface area contributed by atoms with Gasteiger partial charge in [0.25, 0.3) is 10.2 Å². The lowest BCUT2D eigenvalue weighted by molar-refractivity contribution is 0.0637. The summed E-state index contributed by atoms with van der Waals surface area (Å²) in [4.78, 5) is 2.41. The van der Waals surface area contributed by atoms with Gasteiger partial charge in [-0.05, 0) is 60.4 Å². The number of fused-ring (bicyclic) bond motifs is 1. The molecule has 5 rings (SSSR count). The molecule has 2 aromatic carbocycles. The summed E-state index contributed by atoms with van der Waals surface area (Å²) in [5, 5.41) is 5.53. The van der Waals surface area contributed by atoms with Crippen LogP contribution in [0, 0.1) is 18.7 Å². The Morgan fingerprint density at radius 1 is 1.06 bits per heavy atom. The van der Waals surface area contributed by atoms with E-state index < -0.39 is 10.2 Å². The molecule has 0 amide bonds. The number of benzene rings is 2. The summed E-state index contributed by atoms with van der Waals surface area (Å²) in [6.07, 6.45) is 1.82. The molecule has 0 spiro atoms. The molecule has 2 fully saturated rings. The lowest BCUT2D eigenvalue weighted by Gasteiger charge is -2.43. The molecule has 2 aliphatic rings. The number of hydrogen-bond donors (Lipinski definition) is 0. The first-order chi connectivity index (χ1) is 17.2. The van der Waals surface area contributed by atoms with Gasteiger partial charge in [-0.15, -0.1) is 0 Å². The van der Waals surface area contributed by atoms with Gasteiger partial charge in [-0.2, -0.15) is 22.1 Å². The fraction of sp³-hybridized carbons (Fsp3) is 0.500.